The van der Waals surface area contributed by atoms with Crippen LogP contribution in [0, 0.1) is 0 Å². The van der Waals surface area contributed by atoms with E-state index in [-0.39, 0.29) is 18.1 Å². The molecule has 2 atom stereocenters. The molecule has 1 saturated heterocycles. The van der Waals surface area contributed by atoms with Crippen LogP contribution in [0.5, 0.6) is 0 Å². The smallest absolute Gasteiger partial charge is 0.254 e. The van der Waals surface area contributed by atoms with Gasteiger partial charge in [0.2, 0.25) is 0 Å². The van der Waals surface area contributed by atoms with Crippen molar-refractivity contribution in [2.45, 2.75) is 26.1 Å². The van der Waals surface area contributed by atoms with Gasteiger partial charge in [0.25, 0.3) is 5.91 Å². The summed E-state index contributed by atoms with van der Waals surface area (Å²) in [6.07, 6.45) is 3.62. The predicted octanol–water partition coefficient (Wildman–Crippen LogP) is 1.98. The minimum absolute atomic E-state index is 0.144. The second kappa shape index (κ2) is 8.18. The summed E-state index contributed by atoms with van der Waals surface area (Å²) in [5.41, 5.74) is 1.41. The van der Waals surface area contributed by atoms with E-state index in [2.05, 4.69) is 34.0 Å². The van der Waals surface area contributed by atoms with Crippen LogP contribution in [0.2, 0.25) is 0 Å². The van der Waals surface area contributed by atoms with Gasteiger partial charge in [-0.3, -0.25) is 9.69 Å². The van der Waals surface area contributed by atoms with Crippen LogP contribution in [0.4, 0.5) is 0 Å². The summed E-state index contributed by atoms with van der Waals surface area (Å²) in [7, 11) is 0. The minimum Gasteiger partial charge on any atom is -0.373 e. The van der Waals surface area contributed by atoms with Crippen molar-refractivity contribution in [2.75, 3.05) is 26.2 Å². The third-order valence-electron chi connectivity index (χ3n) is 4.15. The highest BCUT2D eigenvalue weighted by molar-refractivity contribution is 5.93. The molecule has 0 aliphatic carbocycles. The number of carbonyl (C=O) groups is 1. The molecule has 6 heteroatoms. The lowest BCUT2D eigenvalue weighted by Crippen LogP contribution is -2.47. The molecule has 132 valence electrons. The monoisotopic (exact) mass is 340 g/mol. The van der Waals surface area contributed by atoms with Gasteiger partial charge in [-0.2, -0.15) is 0 Å². The van der Waals surface area contributed by atoms with Crippen LogP contribution in [-0.4, -0.2) is 59.2 Å². The maximum absolute atomic E-state index is 12.2. The molecule has 6 nitrogen and oxygen atoms in total. The van der Waals surface area contributed by atoms with Crippen LogP contribution in [0.15, 0.2) is 42.7 Å². The van der Waals surface area contributed by atoms with Crippen molar-refractivity contribution in [3.8, 4) is 11.4 Å². The van der Waals surface area contributed by atoms with Crippen LogP contribution in [-0.2, 0) is 4.74 Å². The van der Waals surface area contributed by atoms with E-state index in [4.69, 9.17) is 4.74 Å². The molecule has 1 amide bonds. The second-order valence-electron chi connectivity index (χ2n) is 6.43. The Kier molecular flexibility index (Phi) is 5.73. The summed E-state index contributed by atoms with van der Waals surface area (Å²) >= 11 is 0. The fourth-order valence-electron chi connectivity index (χ4n) is 3.08. The van der Waals surface area contributed by atoms with E-state index in [0.717, 1.165) is 25.2 Å². The number of hydrogen-bond acceptors (Lipinski definition) is 5. The molecule has 1 N–H and O–H groups in total. The molecule has 2 unspecified atom stereocenters. The number of amides is 1. The average molecular weight is 340 g/mol. The topological polar surface area (TPSA) is 67.4 Å². The third kappa shape index (κ3) is 4.84. The largest absolute Gasteiger partial charge is 0.373 e. The summed E-state index contributed by atoms with van der Waals surface area (Å²) in [5, 5.41) is 2.93. The second-order valence-corrected chi connectivity index (χ2v) is 6.43. The zero-order valence-electron chi connectivity index (χ0n) is 14.7. The zero-order valence-corrected chi connectivity index (χ0v) is 14.7. The number of hydrogen-bond donors (Lipinski definition) is 1. The maximum atomic E-state index is 12.2. The predicted molar refractivity (Wildman–Crippen MR) is 96.3 cm³/mol. The maximum Gasteiger partial charge on any atom is 0.254 e. The Hall–Kier alpha value is -2.31. The normalized spacial score (nSPS) is 21.0. The Bertz CT molecular complexity index is 680. The van der Waals surface area contributed by atoms with E-state index in [1.54, 1.807) is 12.4 Å². The molecule has 3 rings (SSSR count). The number of nitrogens with one attached hydrogen (secondary N) is 1. The number of morpholine rings is 1. The standard InChI is InChI=1S/C19H24N4O2/c1-14-12-23(13-15(2)25-14)9-8-20-19(24)17-10-21-18(22-11-17)16-6-4-3-5-7-16/h3-7,10-11,14-15H,8-9,12-13H2,1-2H3,(H,20,24). The van der Waals surface area contributed by atoms with Crippen molar-refractivity contribution >= 4 is 5.91 Å². The first-order chi connectivity index (χ1) is 12.1. The highest BCUT2D eigenvalue weighted by Crippen LogP contribution is 2.13. The molecular weight excluding hydrogens is 316 g/mol. The third-order valence-corrected chi connectivity index (χ3v) is 4.15. The van der Waals surface area contributed by atoms with E-state index in [1.165, 1.54) is 0 Å². The molecule has 1 aliphatic heterocycles. The van der Waals surface area contributed by atoms with Crippen molar-refractivity contribution < 1.29 is 9.53 Å². The van der Waals surface area contributed by atoms with Gasteiger partial charge in [0, 0.05) is 44.1 Å². The molecule has 25 heavy (non-hydrogen) atoms. The molecule has 1 aromatic heterocycles. The van der Waals surface area contributed by atoms with Crippen molar-refractivity contribution in [3.63, 3.8) is 0 Å². The molecule has 0 spiro atoms. The quantitative estimate of drug-likeness (QED) is 0.901. The number of ether oxygens (including phenoxy) is 1. The molecule has 1 aromatic carbocycles. The van der Waals surface area contributed by atoms with Crippen molar-refractivity contribution in [3.05, 3.63) is 48.3 Å². The first-order valence-corrected chi connectivity index (χ1v) is 8.65. The summed E-state index contributed by atoms with van der Waals surface area (Å²) in [4.78, 5) is 23.1. The number of benzene rings is 1. The van der Waals surface area contributed by atoms with Crippen LogP contribution in [0.3, 0.4) is 0 Å². The van der Waals surface area contributed by atoms with E-state index in [0.29, 0.717) is 17.9 Å². The van der Waals surface area contributed by atoms with E-state index < -0.39 is 0 Å². The summed E-state index contributed by atoms with van der Waals surface area (Å²) in [6.45, 7) is 7.36. The van der Waals surface area contributed by atoms with Gasteiger partial charge >= 0.3 is 0 Å². The Morgan fingerprint density at radius 1 is 1.16 bits per heavy atom. The van der Waals surface area contributed by atoms with E-state index in [9.17, 15) is 4.79 Å². The number of carbonyl (C=O) groups excluding carboxylic acids is 1. The van der Waals surface area contributed by atoms with Gasteiger partial charge < -0.3 is 10.1 Å². The Morgan fingerprint density at radius 3 is 2.44 bits per heavy atom. The fourth-order valence-corrected chi connectivity index (χ4v) is 3.08. The van der Waals surface area contributed by atoms with Gasteiger partial charge in [0.15, 0.2) is 5.82 Å². The zero-order chi connectivity index (χ0) is 17.6. The Labute approximate surface area is 148 Å². The van der Waals surface area contributed by atoms with Crippen LogP contribution in [0.25, 0.3) is 11.4 Å². The lowest BCUT2D eigenvalue weighted by Gasteiger charge is -2.35. The molecule has 1 aliphatic rings. The van der Waals surface area contributed by atoms with Crippen LogP contribution in [0.1, 0.15) is 24.2 Å². The minimum atomic E-state index is -0.144. The Morgan fingerprint density at radius 2 is 1.80 bits per heavy atom. The fraction of sp³-hybridized carbons (Fsp3) is 0.421. The van der Waals surface area contributed by atoms with Gasteiger partial charge in [-0.15, -0.1) is 0 Å². The molecule has 2 heterocycles. The highest BCUT2D eigenvalue weighted by atomic mass is 16.5. The molecule has 2 aromatic rings. The number of rotatable bonds is 5. The van der Waals surface area contributed by atoms with Gasteiger partial charge in [-0.1, -0.05) is 30.3 Å². The van der Waals surface area contributed by atoms with Crippen molar-refractivity contribution in [1.82, 2.24) is 20.2 Å². The average Bonchev–Trinajstić information content (AvgIpc) is 2.62. The SMILES string of the molecule is CC1CN(CCNC(=O)c2cnc(-c3ccccc3)nc2)CC(C)O1. The van der Waals surface area contributed by atoms with Gasteiger partial charge in [-0.25, -0.2) is 9.97 Å². The summed E-state index contributed by atoms with van der Waals surface area (Å²) < 4.78 is 5.72. The van der Waals surface area contributed by atoms with E-state index >= 15 is 0 Å². The lowest BCUT2D eigenvalue weighted by atomic mass is 10.2. The van der Waals surface area contributed by atoms with Crippen LogP contribution < -0.4 is 5.32 Å². The molecule has 0 radical (unpaired) electrons. The summed E-state index contributed by atoms with van der Waals surface area (Å²) in [5.74, 6) is 0.474. The highest BCUT2D eigenvalue weighted by Gasteiger charge is 2.21. The van der Waals surface area contributed by atoms with Crippen LogP contribution >= 0.6 is 0 Å². The number of nitrogens with zero attached hydrogens (tertiary/aromatic N) is 3. The number of aromatic nitrogens is 2. The molecule has 1 fully saturated rings. The lowest BCUT2D eigenvalue weighted by molar-refractivity contribution is -0.0672. The van der Waals surface area contributed by atoms with Crippen molar-refractivity contribution in [2.24, 2.45) is 0 Å². The first kappa shape index (κ1) is 17.5. The summed E-state index contributed by atoms with van der Waals surface area (Å²) in [6, 6.07) is 9.71. The molecule has 0 bridgehead atoms. The molecule has 0 saturated carbocycles. The molecular formula is C19H24N4O2. The first-order valence-electron chi connectivity index (χ1n) is 8.65. The Balaban J connectivity index is 1.50. The van der Waals surface area contributed by atoms with E-state index in [1.807, 2.05) is 30.3 Å². The van der Waals surface area contributed by atoms with Gasteiger partial charge in [-0.05, 0) is 13.8 Å². The van der Waals surface area contributed by atoms with Crippen molar-refractivity contribution in [1.29, 1.82) is 0 Å². The van der Waals surface area contributed by atoms with Gasteiger partial charge in [0.05, 0.1) is 17.8 Å². The van der Waals surface area contributed by atoms with Gasteiger partial charge in [0.1, 0.15) is 0 Å².